The number of anilines is 6. The van der Waals surface area contributed by atoms with Crippen molar-refractivity contribution in [2.75, 3.05) is 16.1 Å². The van der Waals surface area contributed by atoms with Crippen molar-refractivity contribution in [1.29, 1.82) is 0 Å². The Kier molecular flexibility index (Phi) is 6.41. The fourth-order valence-corrected chi connectivity index (χ4v) is 8.04. The van der Waals surface area contributed by atoms with E-state index in [1.807, 2.05) is 11.8 Å². The zero-order valence-corrected chi connectivity index (χ0v) is 25.2. The quantitative estimate of drug-likeness (QED) is 0.156. The minimum atomic E-state index is 0.185. The lowest BCUT2D eigenvalue weighted by Gasteiger charge is -2.45. The van der Waals surface area contributed by atoms with Crippen molar-refractivity contribution in [2.24, 2.45) is 0 Å². The minimum Gasteiger partial charge on any atom is -0.311 e. The van der Waals surface area contributed by atoms with Crippen molar-refractivity contribution < 1.29 is 0 Å². The van der Waals surface area contributed by atoms with Crippen molar-refractivity contribution in [3.63, 3.8) is 0 Å². The Labute approximate surface area is 254 Å². The number of fused-ring (bicyclic) bond motifs is 4. The molecule has 5 aromatic carbocycles. The Bertz CT molecular complexity index is 1790. The molecule has 0 saturated heterocycles. The van der Waals surface area contributed by atoms with Gasteiger partial charge in [-0.2, -0.15) is 0 Å². The maximum Gasteiger partial charge on any atom is 0.252 e. The van der Waals surface area contributed by atoms with Crippen LogP contribution in [0.4, 0.5) is 34.1 Å². The fourth-order valence-electron chi connectivity index (χ4n) is 7.59. The molecular formula is C38H35BN2S. The SMILES string of the molecule is CSc1cccc(N2c3ccccc3B3c4ccccc4N(c4ccc(C)cc4)c4cc(C5CCCCC5)cc2c43)c1. The number of nitrogens with zero attached hydrogens (tertiary/aromatic N) is 2. The first-order valence-electron chi connectivity index (χ1n) is 15.4. The van der Waals surface area contributed by atoms with E-state index in [2.05, 4.69) is 132 Å². The van der Waals surface area contributed by atoms with Crippen LogP contribution in [-0.2, 0) is 0 Å². The van der Waals surface area contributed by atoms with Crippen LogP contribution in [0.25, 0.3) is 0 Å². The molecule has 5 aromatic rings. The lowest BCUT2D eigenvalue weighted by Crippen LogP contribution is -2.61. The Balaban J connectivity index is 1.46. The van der Waals surface area contributed by atoms with Gasteiger partial charge in [0.25, 0.3) is 6.71 Å². The fraction of sp³-hybridized carbons (Fsp3) is 0.211. The molecule has 0 spiro atoms. The lowest BCUT2D eigenvalue weighted by atomic mass is 9.33. The third-order valence-electron chi connectivity index (χ3n) is 9.59. The van der Waals surface area contributed by atoms with Gasteiger partial charge in [-0.05, 0) is 108 Å². The molecule has 0 N–H and O–H groups in total. The number of para-hydroxylation sites is 2. The number of aryl methyl sites for hydroxylation is 1. The zero-order chi connectivity index (χ0) is 28.2. The van der Waals surface area contributed by atoms with Crippen molar-refractivity contribution in [1.82, 2.24) is 0 Å². The highest BCUT2D eigenvalue weighted by Crippen LogP contribution is 2.46. The molecule has 1 fully saturated rings. The van der Waals surface area contributed by atoms with Crippen LogP contribution in [0.5, 0.6) is 0 Å². The molecule has 206 valence electrons. The normalized spacial score (nSPS) is 15.7. The Morgan fingerprint density at radius 1 is 0.619 bits per heavy atom. The maximum atomic E-state index is 2.56. The van der Waals surface area contributed by atoms with Gasteiger partial charge in [0.05, 0.1) is 0 Å². The third-order valence-corrected chi connectivity index (χ3v) is 10.3. The van der Waals surface area contributed by atoms with Crippen LogP contribution in [0.15, 0.2) is 114 Å². The van der Waals surface area contributed by atoms with E-state index in [9.17, 15) is 0 Å². The summed E-state index contributed by atoms with van der Waals surface area (Å²) in [4.78, 5) is 6.38. The van der Waals surface area contributed by atoms with Gasteiger partial charge in [0.15, 0.2) is 0 Å². The Morgan fingerprint density at radius 3 is 1.88 bits per heavy atom. The monoisotopic (exact) mass is 562 g/mol. The topological polar surface area (TPSA) is 6.48 Å². The second-order valence-corrected chi connectivity index (χ2v) is 12.9. The summed E-state index contributed by atoms with van der Waals surface area (Å²) in [6.07, 6.45) is 8.74. The Morgan fingerprint density at radius 2 is 1.24 bits per heavy atom. The van der Waals surface area contributed by atoms with E-state index in [4.69, 9.17) is 0 Å². The molecule has 1 saturated carbocycles. The standard InChI is InChI=1S/C38H35BN2S/c1-26-19-21-29(22-20-26)40-34-17-8-6-15-32(34)39-33-16-7-9-18-35(33)41(30-13-10-14-31(25-30)42-2)37-24-28(23-36(40)38(37)39)27-11-4-3-5-12-27/h6-10,13-25,27H,3-5,11-12H2,1-2H3. The first kappa shape index (κ1) is 25.8. The lowest BCUT2D eigenvalue weighted by molar-refractivity contribution is 0.444. The molecule has 0 unspecified atom stereocenters. The average molecular weight is 563 g/mol. The van der Waals surface area contributed by atoms with E-state index in [1.165, 1.54) is 98.6 Å². The highest BCUT2D eigenvalue weighted by atomic mass is 32.2. The van der Waals surface area contributed by atoms with Gasteiger partial charge in [-0.15, -0.1) is 11.8 Å². The summed E-state index contributed by atoms with van der Waals surface area (Å²) in [7, 11) is 0. The van der Waals surface area contributed by atoms with Crippen LogP contribution in [0.1, 0.15) is 49.1 Å². The van der Waals surface area contributed by atoms with Crippen molar-refractivity contribution in [3.05, 3.63) is 120 Å². The molecule has 2 aliphatic heterocycles. The summed E-state index contributed by atoms with van der Waals surface area (Å²) < 4.78 is 0. The van der Waals surface area contributed by atoms with Gasteiger partial charge in [0.1, 0.15) is 0 Å². The molecule has 42 heavy (non-hydrogen) atoms. The van der Waals surface area contributed by atoms with Crippen LogP contribution in [-0.4, -0.2) is 13.0 Å². The summed E-state index contributed by atoms with van der Waals surface area (Å²) >= 11 is 1.81. The second kappa shape index (κ2) is 10.4. The summed E-state index contributed by atoms with van der Waals surface area (Å²) in [5.41, 5.74) is 14.7. The van der Waals surface area contributed by atoms with Crippen LogP contribution >= 0.6 is 11.8 Å². The molecule has 0 bridgehead atoms. The first-order chi connectivity index (χ1) is 20.7. The molecular weight excluding hydrogens is 527 g/mol. The van der Waals surface area contributed by atoms with Gasteiger partial charge >= 0.3 is 0 Å². The van der Waals surface area contributed by atoms with Gasteiger partial charge in [0.2, 0.25) is 0 Å². The number of hydrogen-bond acceptors (Lipinski definition) is 3. The first-order valence-corrected chi connectivity index (χ1v) is 16.6. The number of hydrogen-bond donors (Lipinski definition) is 0. The second-order valence-electron chi connectivity index (χ2n) is 12.1. The van der Waals surface area contributed by atoms with Crippen LogP contribution in [0, 0.1) is 6.92 Å². The summed E-state index contributed by atoms with van der Waals surface area (Å²) in [5.74, 6) is 0.604. The third kappa shape index (κ3) is 4.11. The highest BCUT2D eigenvalue weighted by molar-refractivity contribution is 7.98. The molecule has 1 aliphatic carbocycles. The van der Waals surface area contributed by atoms with E-state index >= 15 is 0 Å². The van der Waals surface area contributed by atoms with Gasteiger partial charge < -0.3 is 9.80 Å². The predicted octanol–water partition coefficient (Wildman–Crippen LogP) is 8.85. The maximum absolute atomic E-state index is 2.56. The van der Waals surface area contributed by atoms with E-state index in [1.54, 1.807) is 0 Å². The minimum absolute atomic E-state index is 0.185. The highest BCUT2D eigenvalue weighted by Gasteiger charge is 2.43. The molecule has 0 amide bonds. The van der Waals surface area contributed by atoms with Crippen LogP contribution in [0.2, 0.25) is 0 Å². The molecule has 4 heteroatoms. The van der Waals surface area contributed by atoms with Gasteiger partial charge in [0, 0.05) is 39.0 Å². The van der Waals surface area contributed by atoms with E-state index in [0.717, 1.165) is 0 Å². The molecule has 0 radical (unpaired) electrons. The number of benzene rings is 5. The number of thioether (sulfide) groups is 1. The molecule has 0 atom stereocenters. The average Bonchev–Trinajstić information content (AvgIpc) is 3.05. The molecule has 0 aromatic heterocycles. The molecule has 2 nitrogen and oxygen atoms in total. The van der Waals surface area contributed by atoms with Crippen molar-refractivity contribution >= 4 is 69.0 Å². The van der Waals surface area contributed by atoms with Crippen LogP contribution in [0.3, 0.4) is 0 Å². The summed E-state index contributed by atoms with van der Waals surface area (Å²) in [6.45, 7) is 2.36. The predicted molar refractivity (Wildman–Crippen MR) is 183 cm³/mol. The van der Waals surface area contributed by atoms with E-state index in [0.29, 0.717) is 5.92 Å². The van der Waals surface area contributed by atoms with Crippen LogP contribution < -0.4 is 26.2 Å². The molecule has 3 aliphatic rings. The van der Waals surface area contributed by atoms with Crippen molar-refractivity contribution in [2.45, 2.75) is 49.8 Å². The largest absolute Gasteiger partial charge is 0.311 e. The number of rotatable bonds is 4. The van der Waals surface area contributed by atoms with E-state index in [-0.39, 0.29) is 6.71 Å². The smallest absolute Gasteiger partial charge is 0.252 e. The summed E-state index contributed by atoms with van der Waals surface area (Å²) in [5, 5.41) is 0. The Hall–Kier alpha value is -3.89. The molecule has 8 rings (SSSR count). The van der Waals surface area contributed by atoms with Gasteiger partial charge in [-0.25, -0.2) is 0 Å². The van der Waals surface area contributed by atoms with Gasteiger partial charge in [-0.3, -0.25) is 0 Å². The van der Waals surface area contributed by atoms with Gasteiger partial charge in [-0.1, -0.05) is 79.4 Å². The zero-order valence-electron chi connectivity index (χ0n) is 24.4. The van der Waals surface area contributed by atoms with E-state index < -0.39 is 0 Å². The van der Waals surface area contributed by atoms with Crippen molar-refractivity contribution in [3.8, 4) is 0 Å². The summed E-state index contributed by atoms with van der Waals surface area (Å²) in [6, 6.07) is 41.4. The molecule has 2 heterocycles.